The number of nitrogens with one attached hydrogen (secondary N) is 2. The van der Waals surface area contributed by atoms with Crippen LogP contribution >= 0.6 is 0 Å². The first-order chi connectivity index (χ1) is 11.6. The molecule has 1 fully saturated rings. The maximum atomic E-state index is 13.8. The van der Waals surface area contributed by atoms with Gasteiger partial charge in [-0.15, -0.1) is 0 Å². The molecule has 0 atom stereocenters. The summed E-state index contributed by atoms with van der Waals surface area (Å²) in [6, 6.07) is 6.59. The standard InChI is InChI=1S/C17H20FN5O/c1-13-3-4-15(14(18)11-13)21-16(24)12-22-7-9-23(10-8-22)17-19-5-2-6-20-17/h2-6,11H,7-10,12H2,1H3,(H,21,24)/p+1. The van der Waals surface area contributed by atoms with E-state index < -0.39 is 5.82 Å². The van der Waals surface area contributed by atoms with Gasteiger partial charge in [0.05, 0.1) is 31.9 Å². The molecule has 0 radical (unpaired) electrons. The average molecular weight is 330 g/mol. The van der Waals surface area contributed by atoms with Crippen molar-refractivity contribution >= 4 is 17.5 Å². The predicted octanol–water partition coefficient (Wildman–Crippen LogP) is 0.268. The molecule has 6 nitrogen and oxygen atoms in total. The molecule has 0 spiro atoms. The number of amides is 1. The Hall–Kier alpha value is -2.54. The number of halogens is 1. The summed E-state index contributed by atoms with van der Waals surface area (Å²) in [5, 5.41) is 2.65. The molecule has 2 heterocycles. The van der Waals surface area contributed by atoms with Crippen LogP contribution < -0.4 is 15.1 Å². The Balaban J connectivity index is 1.50. The zero-order valence-electron chi connectivity index (χ0n) is 13.6. The third kappa shape index (κ3) is 4.05. The largest absolute Gasteiger partial charge is 0.330 e. The van der Waals surface area contributed by atoms with E-state index in [-0.39, 0.29) is 11.6 Å². The van der Waals surface area contributed by atoms with Crippen LogP contribution in [0.1, 0.15) is 5.56 Å². The van der Waals surface area contributed by atoms with Crippen molar-refractivity contribution in [3.8, 4) is 0 Å². The van der Waals surface area contributed by atoms with Crippen molar-refractivity contribution in [3.63, 3.8) is 0 Å². The van der Waals surface area contributed by atoms with Crippen LogP contribution in [0.25, 0.3) is 0 Å². The maximum Gasteiger partial charge on any atom is 0.279 e. The van der Waals surface area contributed by atoms with Crippen molar-refractivity contribution < 1.29 is 14.1 Å². The fourth-order valence-electron chi connectivity index (χ4n) is 2.80. The van der Waals surface area contributed by atoms with Crippen LogP contribution in [0, 0.1) is 12.7 Å². The van der Waals surface area contributed by atoms with Gasteiger partial charge in [0.1, 0.15) is 5.82 Å². The number of hydrogen-bond acceptors (Lipinski definition) is 4. The van der Waals surface area contributed by atoms with Crippen molar-refractivity contribution in [1.82, 2.24) is 9.97 Å². The topological polar surface area (TPSA) is 62.6 Å². The third-order valence-corrected chi connectivity index (χ3v) is 4.11. The van der Waals surface area contributed by atoms with Gasteiger partial charge in [-0.25, -0.2) is 14.4 Å². The number of benzene rings is 1. The van der Waals surface area contributed by atoms with Crippen molar-refractivity contribution in [2.45, 2.75) is 6.92 Å². The number of carbonyl (C=O) groups is 1. The van der Waals surface area contributed by atoms with Gasteiger partial charge >= 0.3 is 0 Å². The highest BCUT2D eigenvalue weighted by Gasteiger charge is 2.23. The summed E-state index contributed by atoms with van der Waals surface area (Å²) in [5.74, 6) is 0.157. The molecular weight excluding hydrogens is 309 g/mol. The monoisotopic (exact) mass is 330 g/mol. The fraction of sp³-hybridized carbons (Fsp3) is 0.353. The summed E-state index contributed by atoms with van der Waals surface area (Å²) in [6.07, 6.45) is 3.45. The molecule has 1 amide bonds. The second kappa shape index (κ2) is 7.35. The van der Waals surface area contributed by atoms with Gasteiger partial charge in [-0.3, -0.25) is 4.79 Å². The van der Waals surface area contributed by atoms with Crippen LogP contribution in [0.2, 0.25) is 0 Å². The minimum Gasteiger partial charge on any atom is -0.330 e. The lowest BCUT2D eigenvalue weighted by atomic mass is 10.2. The Morgan fingerprint density at radius 2 is 2.00 bits per heavy atom. The van der Waals surface area contributed by atoms with Gasteiger partial charge in [-0.2, -0.15) is 0 Å². The highest BCUT2D eigenvalue weighted by molar-refractivity contribution is 5.91. The lowest BCUT2D eigenvalue weighted by molar-refractivity contribution is -0.892. The summed E-state index contributed by atoms with van der Waals surface area (Å²) in [6.45, 7) is 5.38. The highest BCUT2D eigenvalue weighted by Crippen LogP contribution is 2.14. The Bertz CT molecular complexity index is 701. The molecule has 1 saturated heterocycles. The van der Waals surface area contributed by atoms with E-state index in [0.717, 1.165) is 37.7 Å². The molecule has 1 aliphatic heterocycles. The normalized spacial score (nSPS) is 15.3. The molecule has 2 N–H and O–H groups in total. The van der Waals surface area contributed by atoms with Gasteiger partial charge in [-0.05, 0) is 30.7 Å². The van der Waals surface area contributed by atoms with E-state index in [1.807, 2.05) is 6.92 Å². The van der Waals surface area contributed by atoms with Gasteiger partial charge in [0.2, 0.25) is 5.95 Å². The number of rotatable bonds is 4. The Kier molecular flexibility index (Phi) is 5.00. The highest BCUT2D eigenvalue weighted by atomic mass is 19.1. The second-order valence-electron chi connectivity index (χ2n) is 5.99. The minimum atomic E-state index is -0.399. The number of nitrogens with zero attached hydrogens (tertiary/aromatic N) is 3. The van der Waals surface area contributed by atoms with Crippen LogP contribution in [0.3, 0.4) is 0 Å². The fourth-order valence-corrected chi connectivity index (χ4v) is 2.80. The van der Waals surface area contributed by atoms with Gasteiger partial charge in [-0.1, -0.05) is 6.07 Å². The summed E-state index contributed by atoms with van der Waals surface area (Å²) in [5.41, 5.74) is 1.07. The van der Waals surface area contributed by atoms with Gasteiger partial charge < -0.3 is 15.1 Å². The SMILES string of the molecule is Cc1ccc(NC(=O)C[NH+]2CCN(c3ncccn3)CC2)c(F)c1. The van der Waals surface area contributed by atoms with Crippen LogP contribution in [0.4, 0.5) is 16.0 Å². The Labute approximate surface area is 140 Å². The lowest BCUT2D eigenvalue weighted by Gasteiger charge is -2.31. The summed E-state index contributed by atoms with van der Waals surface area (Å²) in [4.78, 5) is 23.9. The number of carbonyl (C=O) groups excluding carboxylic acids is 1. The van der Waals surface area contributed by atoms with E-state index in [0.29, 0.717) is 6.54 Å². The summed E-state index contributed by atoms with van der Waals surface area (Å²) in [7, 11) is 0. The molecule has 1 aromatic heterocycles. The molecular formula is C17H21FN5O+. The summed E-state index contributed by atoms with van der Waals surface area (Å²) < 4.78 is 13.8. The van der Waals surface area contributed by atoms with Gasteiger partial charge in [0.25, 0.3) is 5.91 Å². The maximum absolute atomic E-state index is 13.8. The first kappa shape index (κ1) is 16.3. The van der Waals surface area contributed by atoms with Gasteiger partial charge in [0, 0.05) is 12.4 Å². The number of anilines is 2. The lowest BCUT2D eigenvalue weighted by Crippen LogP contribution is -3.15. The Morgan fingerprint density at radius 1 is 1.29 bits per heavy atom. The number of hydrogen-bond donors (Lipinski definition) is 2. The molecule has 24 heavy (non-hydrogen) atoms. The van der Waals surface area contributed by atoms with Crippen LogP contribution in [-0.2, 0) is 4.79 Å². The zero-order chi connectivity index (χ0) is 16.9. The predicted molar refractivity (Wildman–Crippen MR) is 89.6 cm³/mol. The number of aryl methyl sites for hydroxylation is 1. The van der Waals surface area contributed by atoms with E-state index in [1.165, 1.54) is 11.0 Å². The van der Waals surface area contributed by atoms with Crippen LogP contribution in [0.15, 0.2) is 36.7 Å². The third-order valence-electron chi connectivity index (χ3n) is 4.11. The number of piperazine rings is 1. The molecule has 1 aliphatic rings. The molecule has 0 aliphatic carbocycles. The van der Waals surface area contributed by atoms with Gasteiger partial charge in [0.15, 0.2) is 6.54 Å². The Morgan fingerprint density at radius 3 is 2.67 bits per heavy atom. The molecule has 2 aromatic rings. The average Bonchev–Trinajstić information content (AvgIpc) is 2.59. The quantitative estimate of drug-likeness (QED) is 0.845. The first-order valence-electron chi connectivity index (χ1n) is 8.03. The van der Waals surface area contributed by atoms with Crippen LogP contribution in [-0.4, -0.2) is 48.6 Å². The number of quaternary nitrogens is 1. The molecule has 3 rings (SSSR count). The van der Waals surface area contributed by atoms with Crippen molar-refractivity contribution in [3.05, 3.63) is 48.0 Å². The van der Waals surface area contributed by atoms with Crippen LogP contribution in [0.5, 0.6) is 0 Å². The first-order valence-corrected chi connectivity index (χ1v) is 8.03. The zero-order valence-corrected chi connectivity index (χ0v) is 13.6. The molecule has 0 bridgehead atoms. The molecule has 1 aromatic carbocycles. The van der Waals surface area contributed by atoms with E-state index in [4.69, 9.17) is 0 Å². The van der Waals surface area contributed by atoms with E-state index in [1.54, 1.807) is 30.6 Å². The smallest absolute Gasteiger partial charge is 0.279 e. The van der Waals surface area contributed by atoms with Crippen molar-refractivity contribution in [2.75, 3.05) is 42.9 Å². The number of aromatic nitrogens is 2. The minimum absolute atomic E-state index is 0.169. The molecule has 0 saturated carbocycles. The van der Waals surface area contributed by atoms with Crippen molar-refractivity contribution in [2.24, 2.45) is 0 Å². The van der Waals surface area contributed by atoms with E-state index in [9.17, 15) is 9.18 Å². The molecule has 0 unspecified atom stereocenters. The second-order valence-corrected chi connectivity index (χ2v) is 5.99. The van der Waals surface area contributed by atoms with E-state index >= 15 is 0 Å². The molecule has 126 valence electrons. The summed E-state index contributed by atoms with van der Waals surface area (Å²) >= 11 is 0. The van der Waals surface area contributed by atoms with Crippen molar-refractivity contribution in [1.29, 1.82) is 0 Å². The van der Waals surface area contributed by atoms with E-state index in [2.05, 4.69) is 20.2 Å². The molecule has 7 heteroatoms.